The Labute approximate surface area is 92.7 Å². The maximum absolute atomic E-state index is 9.64. The lowest BCUT2D eigenvalue weighted by Gasteiger charge is -2.12. The summed E-state index contributed by atoms with van der Waals surface area (Å²) < 4.78 is 0. The number of hydrogen-bond donors (Lipinski definition) is 3. The second-order valence-electron chi connectivity index (χ2n) is 3.90. The molecule has 1 aliphatic carbocycles. The van der Waals surface area contributed by atoms with E-state index in [-0.39, 0.29) is 5.15 Å². The molecular formula is C9H13ClN4O. The molecule has 6 heteroatoms. The molecule has 0 amide bonds. The Morgan fingerprint density at radius 2 is 2.20 bits per heavy atom. The van der Waals surface area contributed by atoms with Gasteiger partial charge in [-0.25, -0.2) is 9.97 Å². The van der Waals surface area contributed by atoms with Crippen LogP contribution in [0.3, 0.4) is 0 Å². The van der Waals surface area contributed by atoms with Crippen LogP contribution in [0.25, 0.3) is 0 Å². The predicted molar refractivity (Wildman–Crippen MR) is 58.9 cm³/mol. The van der Waals surface area contributed by atoms with Gasteiger partial charge in [-0.3, -0.25) is 0 Å². The van der Waals surface area contributed by atoms with Crippen LogP contribution in [0, 0.1) is 6.92 Å². The maximum atomic E-state index is 9.64. The van der Waals surface area contributed by atoms with Crippen LogP contribution in [0.2, 0.25) is 5.15 Å². The summed E-state index contributed by atoms with van der Waals surface area (Å²) in [6.07, 6.45) is 1.63. The van der Waals surface area contributed by atoms with Crippen molar-refractivity contribution in [1.82, 2.24) is 9.97 Å². The molecule has 0 aromatic carbocycles. The number of rotatable bonds is 3. The van der Waals surface area contributed by atoms with Gasteiger partial charge < -0.3 is 16.2 Å². The van der Waals surface area contributed by atoms with Crippen LogP contribution in [0.5, 0.6) is 0 Å². The fourth-order valence-corrected chi connectivity index (χ4v) is 1.46. The van der Waals surface area contributed by atoms with Gasteiger partial charge in [-0.15, -0.1) is 0 Å². The van der Waals surface area contributed by atoms with Crippen molar-refractivity contribution in [1.29, 1.82) is 0 Å². The normalized spacial score (nSPS) is 17.5. The smallest absolute Gasteiger partial charge is 0.157 e. The van der Waals surface area contributed by atoms with Gasteiger partial charge in [0.2, 0.25) is 0 Å². The minimum atomic E-state index is -0.586. The lowest BCUT2D eigenvalue weighted by Crippen LogP contribution is -2.22. The lowest BCUT2D eigenvalue weighted by atomic mass is 10.3. The van der Waals surface area contributed by atoms with Crippen molar-refractivity contribution in [2.45, 2.75) is 25.4 Å². The van der Waals surface area contributed by atoms with Gasteiger partial charge in [-0.05, 0) is 19.8 Å². The number of nitrogens with two attached hydrogens (primary N) is 1. The fraction of sp³-hybridized carbons (Fsp3) is 0.556. The van der Waals surface area contributed by atoms with Crippen LogP contribution in [0.15, 0.2) is 0 Å². The second kappa shape index (κ2) is 3.50. The fourth-order valence-electron chi connectivity index (χ4n) is 1.25. The molecule has 0 atom stereocenters. The van der Waals surface area contributed by atoms with E-state index < -0.39 is 5.60 Å². The van der Waals surface area contributed by atoms with Crippen molar-refractivity contribution in [2.24, 2.45) is 0 Å². The molecule has 1 aromatic heterocycles. The minimum Gasteiger partial charge on any atom is -0.393 e. The number of aromatic nitrogens is 2. The summed E-state index contributed by atoms with van der Waals surface area (Å²) in [5.41, 5.74) is 5.44. The van der Waals surface area contributed by atoms with Crippen molar-refractivity contribution in [3.8, 4) is 0 Å². The molecule has 15 heavy (non-hydrogen) atoms. The van der Waals surface area contributed by atoms with E-state index in [4.69, 9.17) is 17.3 Å². The largest absolute Gasteiger partial charge is 0.393 e. The number of aryl methyl sites for hydroxylation is 1. The van der Waals surface area contributed by atoms with Gasteiger partial charge in [0.25, 0.3) is 0 Å². The summed E-state index contributed by atoms with van der Waals surface area (Å²) in [4.78, 5) is 8.04. The van der Waals surface area contributed by atoms with Gasteiger partial charge in [0.05, 0.1) is 5.60 Å². The Kier molecular flexibility index (Phi) is 2.44. The third kappa shape index (κ3) is 2.30. The number of nitrogens with one attached hydrogen (secondary N) is 1. The molecule has 2 rings (SSSR count). The number of nitrogen functional groups attached to an aromatic ring is 1. The number of anilines is 2. The number of hydrogen-bond acceptors (Lipinski definition) is 5. The number of aliphatic hydroxyl groups is 1. The molecular weight excluding hydrogens is 216 g/mol. The lowest BCUT2D eigenvalue weighted by molar-refractivity contribution is 0.164. The van der Waals surface area contributed by atoms with E-state index in [9.17, 15) is 5.11 Å². The van der Waals surface area contributed by atoms with E-state index in [2.05, 4.69) is 15.3 Å². The topological polar surface area (TPSA) is 84.1 Å². The summed E-state index contributed by atoms with van der Waals surface area (Å²) >= 11 is 5.81. The first-order valence-electron chi connectivity index (χ1n) is 4.76. The second-order valence-corrected chi connectivity index (χ2v) is 4.26. The zero-order chi connectivity index (χ0) is 11.1. The first-order valence-corrected chi connectivity index (χ1v) is 5.14. The molecule has 0 unspecified atom stereocenters. The van der Waals surface area contributed by atoms with Crippen molar-refractivity contribution in [2.75, 3.05) is 17.6 Å². The number of halogens is 1. The Morgan fingerprint density at radius 1 is 1.53 bits per heavy atom. The molecule has 0 saturated heterocycles. The van der Waals surface area contributed by atoms with E-state index >= 15 is 0 Å². The first kappa shape index (κ1) is 10.4. The Balaban J connectivity index is 2.13. The highest BCUT2D eigenvalue weighted by atomic mass is 35.5. The predicted octanol–water partition coefficient (Wildman–Crippen LogP) is 0.957. The van der Waals surface area contributed by atoms with Gasteiger partial charge in [-0.2, -0.15) is 0 Å². The third-order valence-electron chi connectivity index (χ3n) is 2.42. The molecule has 82 valence electrons. The van der Waals surface area contributed by atoms with E-state index in [1.807, 2.05) is 0 Å². The van der Waals surface area contributed by atoms with Crippen molar-refractivity contribution < 1.29 is 5.11 Å². The number of nitrogens with zero attached hydrogens (tertiary/aromatic N) is 2. The molecule has 0 radical (unpaired) electrons. The highest BCUT2D eigenvalue weighted by molar-refractivity contribution is 6.32. The molecule has 1 saturated carbocycles. The highest BCUT2D eigenvalue weighted by Gasteiger charge is 2.40. The molecule has 1 aromatic rings. The minimum absolute atomic E-state index is 0.243. The summed E-state index contributed by atoms with van der Waals surface area (Å²) in [5, 5.41) is 12.9. The van der Waals surface area contributed by atoms with Crippen LogP contribution in [-0.2, 0) is 0 Å². The van der Waals surface area contributed by atoms with Crippen molar-refractivity contribution in [3.05, 3.63) is 11.0 Å². The average Bonchev–Trinajstić information content (AvgIpc) is 2.88. The van der Waals surface area contributed by atoms with Crippen LogP contribution >= 0.6 is 11.6 Å². The third-order valence-corrected chi connectivity index (χ3v) is 2.71. The van der Waals surface area contributed by atoms with Gasteiger partial charge >= 0.3 is 0 Å². The Bertz CT molecular complexity index is 392. The molecule has 0 bridgehead atoms. The van der Waals surface area contributed by atoms with Crippen LogP contribution in [0.1, 0.15) is 18.7 Å². The maximum Gasteiger partial charge on any atom is 0.157 e. The van der Waals surface area contributed by atoms with Gasteiger partial charge in [0, 0.05) is 6.54 Å². The summed E-state index contributed by atoms with van der Waals surface area (Å²) in [6.45, 7) is 2.19. The van der Waals surface area contributed by atoms with Crippen LogP contribution < -0.4 is 11.1 Å². The zero-order valence-electron chi connectivity index (χ0n) is 8.42. The van der Waals surface area contributed by atoms with Gasteiger partial charge in [0.1, 0.15) is 11.5 Å². The van der Waals surface area contributed by atoms with E-state index in [0.717, 1.165) is 12.8 Å². The average molecular weight is 229 g/mol. The summed E-state index contributed by atoms with van der Waals surface area (Å²) in [5.74, 6) is 1.05. The van der Waals surface area contributed by atoms with Crippen molar-refractivity contribution >= 4 is 23.1 Å². The van der Waals surface area contributed by atoms with E-state index in [1.54, 1.807) is 6.92 Å². The Morgan fingerprint density at radius 3 is 2.80 bits per heavy atom. The standard InChI is InChI=1S/C9H13ClN4O/c1-5-13-7(10)6(11)8(14-5)12-4-9(15)2-3-9/h15H,2-4,11H2,1H3,(H,12,13,14). The van der Waals surface area contributed by atoms with E-state index in [1.165, 1.54) is 0 Å². The van der Waals surface area contributed by atoms with Gasteiger partial charge in [-0.1, -0.05) is 11.6 Å². The first-order chi connectivity index (χ1) is 7.00. The Hall–Kier alpha value is -1.07. The molecule has 0 spiro atoms. The van der Waals surface area contributed by atoms with E-state index in [0.29, 0.717) is 23.9 Å². The molecule has 1 aliphatic rings. The highest BCUT2D eigenvalue weighted by Crippen LogP contribution is 2.35. The summed E-state index contributed by atoms with van der Waals surface area (Å²) in [7, 11) is 0. The van der Waals surface area contributed by atoms with Crippen LogP contribution in [0.4, 0.5) is 11.5 Å². The van der Waals surface area contributed by atoms with Crippen LogP contribution in [-0.4, -0.2) is 27.2 Å². The molecule has 0 aliphatic heterocycles. The molecule has 4 N–H and O–H groups in total. The molecule has 1 fully saturated rings. The quantitative estimate of drug-likeness (QED) is 0.671. The molecule has 1 heterocycles. The summed E-state index contributed by atoms with van der Waals surface area (Å²) in [6, 6.07) is 0. The SMILES string of the molecule is Cc1nc(Cl)c(N)c(NCC2(O)CC2)n1. The van der Waals surface area contributed by atoms with Crippen molar-refractivity contribution in [3.63, 3.8) is 0 Å². The molecule has 5 nitrogen and oxygen atoms in total. The van der Waals surface area contributed by atoms with Gasteiger partial charge in [0.15, 0.2) is 11.0 Å². The monoisotopic (exact) mass is 228 g/mol. The zero-order valence-corrected chi connectivity index (χ0v) is 9.17.